The molecule has 1 heterocycles. The average Bonchev–Trinajstić information content (AvgIpc) is 2.92. The van der Waals surface area contributed by atoms with Gasteiger partial charge in [0.2, 0.25) is 0 Å². The van der Waals surface area contributed by atoms with Crippen molar-refractivity contribution in [2.75, 3.05) is 19.0 Å². The summed E-state index contributed by atoms with van der Waals surface area (Å²) in [6, 6.07) is 9.71. The molecule has 0 radical (unpaired) electrons. The molecule has 18 heavy (non-hydrogen) atoms. The fourth-order valence-corrected chi connectivity index (χ4v) is 2.37. The topological polar surface area (TPSA) is 45.0 Å². The van der Waals surface area contributed by atoms with Gasteiger partial charge < -0.3 is 10.1 Å². The van der Waals surface area contributed by atoms with Gasteiger partial charge in [-0.15, -0.1) is 0 Å². The Hall–Kier alpha value is -1.99. The number of thiophene rings is 1. The minimum Gasteiger partial charge on any atom is -0.497 e. The summed E-state index contributed by atoms with van der Waals surface area (Å²) < 4.78 is 5.16. The van der Waals surface area contributed by atoms with E-state index >= 15 is 0 Å². The summed E-state index contributed by atoms with van der Waals surface area (Å²) in [5, 5.41) is 16.5. The van der Waals surface area contributed by atoms with Crippen molar-refractivity contribution in [3.8, 4) is 11.8 Å². The summed E-state index contributed by atoms with van der Waals surface area (Å²) in [7, 11) is 1.62. The molecule has 92 valence electrons. The molecule has 0 fully saturated rings. The number of methoxy groups -OCH3 is 1. The molecule has 0 unspecified atom stereocenters. The van der Waals surface area contributed by atoms with Crippen LogP contribution in [0.25, 0.3) is 0 Å². The van der Waals surface area contributed by atoms with Crippen molar-refractivity contribution in [2.24, 2.45) is 0 Å². The Balaban J connectivity index is 2.01. The van der Waals surface area contributed by atoms with Crippen LogP contribution in [0.2, 0.25) is 0 Å². The van der Waals surface area contributed by atoms with Crippen molar-refractivity contribution in [1.29, 1.82) is 5.26 Å². The quantitative estimate of drug-likeness (QED) is 0.895. The van der Waals surface area contributed by atoms with Crippen LogP contribution in [0.1, 0.15) is 11.1 Å². The van der Waals surface area contributed by atoms with Crippen LogP contribution in [0.15, 0.2) is 35.0 Å². The monoisotopic (exact) mass is 258 g/mol. The Morgan fingerprint density at radius 3 is 2.94 bits per heavy atom. The lowest BCUT2D eigenvalue weighted by Crippen LogP contribution is -2.05. The molecule has 0 amide bonds. The van der Waals surface area contributed by atoms with Crippen molar-refractivity contribution < 1.29 is 4.74 Å². The lowest BCUT2D eigenvalue weighted by Gasteiger charge is -2.09. The number of anilines is 1. The largest absolute Gasteiger partial charge is 0.497 e. The highest BCUT2D eigenvalue weighted by molar-refractivity contribution is 7.07. The van der Waals surface area contributed by atoms with Gasteiger partial charge in [0, 0.05) is 12.6 Å². The van der Waals surface area contributed by atoms with E-state index in [1.165, 1.54) is 5.56 Å². The van der Waals surface area contributed by atoms with E-state index in [9.17, 15) is 0 Å². The maximum atomic E-state index is 9.04. The first-order valence-electron chi connectivity index (χ1n) is 5.66. The number of hydrogen-bond donors (Lipinski definition) is 1. The molecule has 0 aliphatic rings. The van der Waals surface area contributed by atoms with Gasteiger partial charge in [-0.05, 0) is 40.9 Å². The summed E-state index contributed by atoms with van der Waals surface area (Å²) in [6.45, 7) is 0.804. The van der Waals surface area contributed by atoms with Gasteiger partial charge in [-0.25, -0.2) is 0 Å². The normalized spacial score (nSPS) is 9.78. The van der Waals surface area contributed by atoms with E-state index in [-0.39, 0.29) is 0 Å². The van der Waals surface area contributed by atoms with Gasteiger partial charge in [-0.2, -0.15) is 16.6 Å². The highest BCUT2D eigenvalue weighted by Gasteiger charge is 2.03. The maximum absolute atomic E-state index is 9.04. The summed E-state index contributed by atoms with van der Waals surface area (Å²) >= 11 is 1.70. The summed E-state index contributed by atoms with van der Waals surface area (Å²) in [5.74, 6) is 0.757. The molecule has 1 aromatic carbocycles. The molecule has 0 atom stereocenters. The van der Waals surface area contributed by atoms with Crippen LogP contribution in [0.5, 0.6) is 5.75 Å². The first-order valence-corrected chi connectivity index (χ1v) is 6.61. The van der Waals surface area contributed by atoms with Crippen molar-refractivity contribution in [2.45, 2.75) is 6.42 Å². The number of rotatable bonds is 5. The van der Waals surface area contributed by atoms with Gasteiger partial charge in [0.25, 0.3) is 0 Å². The Bertz CT molecular complexity index is 543. The molecule has 0 spiro atoms. The minimum atomic E-state index is 0.640. The van der Waals surface area contributed by atoms with Gasteiger partial charge in [0.1, 0.15) is 11.8 Å². The Labute approximate surface area is 111 Å². The highest BCUT2D eigenvalue weighted by atomic mass is 32.1. The zero-order valence-electron chi connectivity index (χ0n) is 10.1. The maximum Gasteiger partial charge on any atom is 0.121 e. The van der Waals surface area contributed by atoms with Crippen LogP contribution in [0.4, 0.5) is 5.69 Å². The molecule has 2 rings (SSSR count). The fourth-order valence-electron chi connectivity index (χ4n) is 1.67. The van der Waals surface area contributed by atoms with Gasteiger partial charge in [0.05, 0.1) is 18.4 Å². The Morgan fingerprint density at radius 1 is 1.39 bits per heavy atom. The molecular formula is C14H14N2OS. The van der Waals surface area contributed by atoms with Crippen molar-refractivity contribution in [3.05, 3.63) is 46.2 Å². The molecule has 0 aliphatic carbocycles. The molecular weight excluding hydrogens is 244 g/mol. The first-order chi connectivity index (χ1) is 8.83. The third-order valence-electron chi connectivity index (χ3n) is 2.66. The number of nitrogens with one attached hydrogen (secondary N) is 1. The predicted molar refractivity (Wildman–Crippen MR) is 74.2 cm³/mol. The van der Waals surface area contributed by atoms with E-state index < -0.39 is 0 Å². The number of ether oxygens (including phenoxy) is 1. The highest BCUT2D eigenvalue weighted by Crippen LogP contribution is 2.21. The van der Waals surface area contributed by atoms with Gasteiger partial charge in [-0.1, -0.05) is 0 Å². The van der Waals surface area contributed by atoms with Crippen molar-refractivity contribution in [3.63, 3.8) is 0 Å². The van der Waals surface area contributed by atoms with E-state index in [0.717, 1.165) is 24.4 Å². The predicted octanol–water partition coefficient (Wildman–Crippen LogP) is 3.28. The number of nitriles is 1. The van der Waals surface area contributed by atoms with E-state index in [4.69, 9.17) is 10.00 Å². The van der Waals surface area contributed by atoms with Crippen LogP contribution in [0, 0.1) is 11.3 Å². The number of benzene rings is 1. The number of hydrogen-bond acceptors (Lipinski definition) is 4. The molecule has 4 heteroatoms. The molecule has 1 N–H and O–H groups in total. The fraction of sp³-hybridized carbons (Fsp3) is 0.214. The lowest BCUT2D eigenvalue weighted by molar-refractivity contribution is 0.415. The second-order valence-electron chi connectivity index (χ2n) is 3.83. The molecule has 0 bridgehead atoms. The number of nitrogens with zero attached hydrogens (tertiary/aromatic N) is 1. The van der Waals surface area contributed by atoms with Crippen molar-refractivity contribution in [1.82, 2.24) is 0 Å². The SMILES string of the molecule is COc1ccc(C#N)c(NCCc2ccsc2)c1. The van der Waals surface area contributed by atoms with E-state index in [0.29, 0.717) is 5.56 Å². The van der Waals surface area contributed by atoms with Crippen LogP contribution in [-0.2, 0) is 6.42 Å². The Morgan fingerprint density at radius 2 is 2.28 bits per heavy atom. The van der Waals surface area contributed by atoms with Gasteiger partial charge in [0.15, 0.2) is 0 Å². The molecule has 3 nitrogen and oxygen atoms in total. The van der Waals surface area contributed by atoms with Crippen LogP contribution in [0.3, 0.4) is 0 Å². The third kappa shape index (κ3) is 3.02. The van der Waals surface area contributed by atoms with Crippen molar-refractivity contribution >= 4 is 17.0 Å². The van der Waals surface area contributed by atoms with E-state index in [2.05, 4.69) is 28.2 Å². The zero-order valence-corrected chi connectivity index (χ0v) is 11.0. The van der Waals surface area contributed by atoms with Gasteiger partial charge in [-0.3, -0.25) is 0 Å². The molecule has 2 aromatic rings. The molecule has 0 saturated carbocycles. The van der Waals surface area contributed by atoms with Gasteiger partial charge >= 0.3 is 0 Å². The third-order valence-corrected chi connectivity index (χ3v) is 3.39. The summed E-state index contributed by atoms with van der Waals surface area (Å²) in [4.78, 5) is 0. The van der Waals surface area contributed by atoms with E-state index in [1.54, 1.807) is 30.6 Å². The second-order valence-corrected chi connectivity index (χ2v) is 4.61. The summed E-state index contributed by atoms with van der Waals surface area (Å²) in [6.07, 6.45) is 0.950. The second kappa shape index (κ2) is 6.08. The van der Waals surface area contributed by atoms with Crippen LogP contribution in [-0.4, -0.2) is 13.7 Å². The average molecular weight is 258 g/mol. The molecule has 1 aromatic heterocycles. The minimum absolute atomic E-state index is 0.640. The molecule has 0 saturated heterocycles. The smallest absolute Gasteiger partial charge is 0.121 e. The zero-order chi connectivity index (χ0) is 12.8. The molecule has 0 aliphatic heterocycles. The van der Waals surface area contributed by atoms with E-state index in [1.807, 2.05) is 6.07 Å². The van der Waals surface area contributed by atoms with Crippen LogP contribution < -0.4 is 10.1 Å². The standard InChI is InChI=1S/C14H14N2OS/c1-17-13-3-2-12(9-15)14(8-13)16-6-4-11-5-7-18-10-11/h2-3,5,7-8,10,16H,4,6H2,1H3. The lowest BCUT2D eigenvalue weighted by atomic mass is 10.1. The Kier molecular flexibility index (Phi) is 4.21. The van der Waals surface area contributed by atoms with Crippen LogP contribution >= 0.6 is 11.3 Å². The first kappa shape index (κ1) is 12.5. The summed E-state index contributed by atoms with van der Waals surface area (Å²) in [5.41, 5.74) is 2.78.